The molecule has 2 N–H and O–H groups in total. The van der Waals surface area contributed by atoms with Gasteiger partial charge < -0.3 is 14.8 Å². The fraction of sp³-hybridized carbons (Fsp3) is 0.438. The Morgan fingerprint density at radius 1 is 1.48 bits per heavy atom. The zero-order chi connectivity index (χ0) is 16.4. The van der Waals surface area contributed by atoms with E-state index in [1.165, 1.54) is 11.3 Å². The lowest BCUT2D eigenvalue weighted by atomic mass is 9.74. The van der Waals surface area contributed by atoms with Crippen LogP contribution in [0.4, 0.5) is 0 Å². The summed E-state index contributed by atoms with van der Waals surface area (Å²) < 4.78 is 5.02. The van der Waals surface area contributed by atoms with Crippen molar-refractivity contribution in [2.24, 2.45) is 5.92 Å². The number of rotatable bonds is 4. The lowest BCUT2D eigenvalue weighted by molar-refractivity contribution is -0.145. The minimum Gasteiger partial charge on any atom is -0.481 e. The lowest BCUT2D eigenvalue weighted by Gasteiger charge is -2.39. The maximum absolute atomic E-state index is 12.5. The Morgan fingerprint density at radius 3 is 3.00 bits per heavy atom. The van der Waals surface area contributed by atoms with Gasteiger partial charge in [0.15, 0.2) is 0 Å². The lowest BCUT2D eigenvalue weighted by Crippen LogP contribution is -2.55. The van der Waals surface area contributed by atoms with Gasteiger partial charge in [0.25, 0.3) is 5.91 Å². The van der Waals surface area contributed by atoms with Crippen molar-refractivity contribution in [1.29, 1.82) is 0 Å². The number of carboxylic acid groups (broad SMARTS) is 1. The summed E-state index contributed by atoms with van der Waals surface area (Å²) in [6.07, 6.45) is 6.17. The maximum atomic E-state index is 12.5. The van der Waals surface area contributed by atoms with Gasteiger partial charge in [0, 0.05) is 10.9 Å². The van der Waals surface area contributed by atoms with Crippen LogP contribution in [0, 0.1) is 5.92 Å². The van der Waals surface area contributed by atoms with E-state index in [0.717, 1.165) is 18.4 Å². The van der Waals surface area contributed by atoms with E-state index in [9.17, 15) is 14.7 Å². The van der Waals surface area contributed by atoms with E-state index in [2.05, 4.69) is 10.3 Å². The minimum absolute atomic E-state index is 0.308. The number of carboxylic acids is 1. The molecule has 23 heavy (non-hydrogen) atoms. The van der Waals surface area contributed by atoms with Gasteiger partial charge in [-0.2, -0.15) is 0 Å². The number of hydrogen-bond donors (Lipinski definition) is 2. The number of carbonyl (C=O) groups is 2. The molecule has 2 atom stereocenters. The molecule has 1 aliphatic rings. The third kappa shape index (κ3) is 3.14. The Bertz CT molecular complexity index is 709. The molecule has 0 saturated heterocycles. The summed E-state index contributed by atoms with van der Waals surface area (Å²) in [6, 6.07) is 1.78. The van der Waals surface area contributed by atoms with Crippen LogP contribution >= 0.6 is 11.3 Å². The second-order valence-electron chi connectivity index (χ2n) is 6.06. The first-order valence-corrected chi connectivity index (χ1v) is 8.41. The predicted octanol–water partition coefficient (Wildman–Crippen LogP) is 3.17. The molecule has 1 saturated carbocycles. The molecular weight excluding hydrogens is 316 g/mol. The SMILES string of the molecule is CC1(NC(=O)c2csc(-c3ccoc3)n2)CCCCC1C(=O)O. The molecule has 0 aromatic carbocycles. The maximum Gasteiger partial charge on any atom is 0.308 e. The number of nitrogens with one attached hydrogen (secondary N) is 1. The third-order valence-corrected chi connectivity index (χ3v) is 5.30. The van der Waals surface area contributed by atoms with Crippen molar-refractivity contribution in [1.82, 2.24) is 10.3 Å². The average Bonchev–Trinajstić information content (AvgIpc) is 3.18. The highest BCUT2D eigenvalue weighted by Gasteiger charge is 2.42. The highest BCUT2D eigenvalue weighted by molar-refractivity contribution is 7.13. The molecule has 3 rings (SSSR count). The molecule has 0 spiro atoms. The fourth-order valence-corrected chi connectivity index (χ4v) is 3.89. The van der Waals surface area contributed by atoms with Crippen molar-refractivity contribution in [2.75, 3.05) is 0 Å². The summed E-state index contributed by atoms with van der Waals surface area (Å²) >= 11 is 1.36. The summed E-state index contributed by atoms with van der Waals surface area (Å²) in [4.78, 5) is 28.3. The fourth-order valence-electron chi connectivity index (χ4n) is 3.10. The number of amides is 1. The van der Waals surface area contributed by atoms with Crippen molar-refractivity contribution >= 4 is 23.2 Å². The number of aromatic nitrogens is 1. The van der Waals surface area contributed by atoms with E-state index in [1.807, 2.05) is 6.92 Å². The Balaban J connectivity index is 1.77. The molecule has 0 radical (unpaired) electrons. The van der Waals surface area contributed by atoms with Crippen LogP contribution in [0.2, 0.25) is 0 Å². The molecule has 2 heterocycles. The molecule has 1 amide bonds. The van der Waals surface area contributed by atoms with Gasteiger partial charge in [0.2, 0.25) is 0 Å². The molecule has 2 aromatic rings. The molecule has 122 valence electrons. The van der Waals surface area contributed by atoms with E-state index < -0.39 is 17.4 Å². The Kier molecular flexibility index (Phi) is 4.21. The largest absolute Gasteiger partial charge is 0.481 e. The van der Waals surface area contributed by atoms with Crippen molar-refractivity contribution in [3.63, 3.8) is 0 Å². The summed E-state index contributed by atoms with van der Waals surface area (Å²) in [7, 11) is 0. The second-order valence-corrected chi connectivity index (χ2v) is 6.92. The van der Waals surface area contributed by atoms with Crippen LogP contribution in [0.1, 0.15) is 43.1 Å². The van der Waals surface area contributed by atoms with Gasteiger partial charge in [-0.15, -0.1) is 11.3 Å². The van der Waals surface area contributed by atoms with Crippen molar-refractivity contribution in [3.8, 4) is 10.6 Å². The Labute approximate surface area is 137 Å². The third-order valence-electron chi connectivity index (χ3n) is 4.41. The summed E-state index contributed by atoms with van der Waals surface area (Å²) in [5.41, 5.74) is 0.393. The number of nitrogens with zero attached hydrogens (tertiary/aromatic N) is 1. The van der Waals surface area contributed by atoms with Crippen LogP contribution in [-0.4, -0.2) is 27.5 Å². The highest BCUT2D eigenvalue weighted by atomic mass is 32.1. The number of hydrogen-bond acceptors (Lipinski definition) is 5. The van der Waals surface area contributed by atoms with Crippen LogP contribution in [0.15, 0.2) is 28.4 Å². The van der Waals surface area contributed by atoms with E-state index in [0.29, 0.717) is 23.5 Å². The van der Waals surface area contributed by atoms with E-state index in [1.54, 1.807) is 24.0 Å². The van der Waals surface area contributed by atoms with E-state index in [4.69, 9.17) is 4.42 Å². The van der Waals surface area contributed by atoms with Crippen LogP contribution in [0.5, 0.6) is 0 Å². The standard InChI is InChI=1S/C16H18N2O4S/c1-16(6-3-2-4-11(16)15(20)21)18-13(19)12-9-23-14(17-12)10-5-7-22-8-10/h5,7-9,11H,2-4,6H2,1H3,(H,18,19)(H,20,21). The van der Waals surface area contributed by atoms with Gasteiger partial charge >= 0.3 is 5.97 Å². The van der Waals surface area contributed by atoms with E-state index >= 15 is 0 Å². The van der Waals surface area contributed by atoms with Crippen LogP contribution in [-0.2, 0) is 4.79 Å². The predicted molar refractivity (Wildman–Crippen MR) is 85.3 cm³/mol. The van der Waals surface area contributed by atoms with Gasteiger partial charge in [-0.05, 0) is 25.8 Å². The Hall–Kier alpha value is -2.15. The monoisotopic (exact) mass is 334 g/mol. The number of carbonyl (C=O) groups excluding carboxylic acids is 1. The normalized spacial score (nSPS) is 24.3. The number of furan rings is 1. The van der Waals surface area contributed by atoms with E-state index in [-0.39, 0.29) is 5.91 Å². The van der Waals surface area contributed by atoms with Gasteiger partial charge in [0.1, 0.15) is 17.0 Å². The molecule has 6 nitrogen and oxygen atoms in total. The van der Waals surface area contributed by atoms with Crippen LogP contribution in [0.25, 0.3) is 10.6 Å². The molecular formula is C16H18N2O4S. The van der Waals surface area contributed by atoms with Crippen molar-refractivity contribution in [2.45, 2.75) is 38.1 Å². The first-order chi connectivity index (χ1) is 11.0. The average molecular weight is 334 g/mol. The second kappa shape index (κ2) is 6.16. The summed E-state index contributed by atoms with van der Waals surface area (Å²) in [5.74, 6) is -1.75. The molecule has 1 aliphatic carbocycles. The number of thiazole rings is 1. The van der Waals surface area contributed by atoms with Gasteiger partial charge in [0.05, 0.1) is 17.7 Å². The summed E-state index contributed by atoms with van der Waals surface area (Å²) in [6.45, 7) is 1.81. The molecule has 2 unspecified atom stereocenters. The molecule has 7 heteroatoms. The van der Waals surface area contributed by atoms with Crippen molar-refractivity contribution in [3.05, 3.63) is 29.7 Å². The topological polar surface area (TPSA) is 92.4 Å². The Morgan fingerprint density at radius 2 is 2.30 bits per heavy atom. The summed E-state index contributed by atoms with van der Waals surface area (Å²) in [5, 5.41) is 14.7. The number of aliphatic carboxylic acids is 1. The quantitative estimate of drug-likeness (QED) is 0.896. The first kappa shape index (κ1) is 15.7. The first-order valence-electron chi connectivity index (χ1n) is 7.53. The molecule has 2 aromatic heterocycles. The molecule has 1 fully saturated rings. The van der Waals surface area contributed by atoms with Gasteiger partial charge in [-0.1, -0.05) is 12.8 Å². The van der Waals surface area contributed by atoms with Crippen LogP contribution < -0.4 is 5.32 Å². The van der Waals surface area contributed by atoms with Crippen LogP contribution in [0.3, 0.4) is 0 Å². The molecule has 0 aliphatic heterocycles. The van der Waals surface area contributed by atoms with Gasteiger partial charge in [-0.25, -0.2) is 4.98 Å². The van der Waals surface area contributed by atoms with Crippen molar-refractivity contribution < 1.29 is 19.1 Å². The smallest absolute Gasteiger partial charge is 0.308 e. The highest BCUT2D eigenvalue weighted by Crippen LogP contribution is 2.34. The molecule has 0 bridgehead atoms. The zero-order valence-electron chi connectivity index (χ0n) is 12.7. The zero-order valence-corrected chi connectivity index (χ0v) is 13.6. The minimum atomic E-state index is -0.857. The van der Waals surface area contributed by atoms with Gasteiger partial charge in [-0.3, -0.25) is 9.59 Å².